The van der Waals surface area contributed by atoms with Gasteiger partial charge in [-0.3, -0.25) is 0 Å². The van der Waals surface area contributed by atoms with Crippen LogP contribution in [0.15, 0.2) is 34.8 Å². The summed E-state index contributed by atoms with van der Waals surface area (Å²) < 4.78 is 51.1. The molecule has 0 saturated heterocycles. The zero-order valence-electron chi connectivity index (χ0n) is 11.8. The van der Waals surface area contributed by atoms with E-state index in [9.17, 15) is 17.6 Å². The van der Waals surface area contributed by atoms with Gasteiger partial charge < -0.3 is 5.84 Å². The van der Waals surface area contributed by atoms with Crippen LogP contribution >= 0.6 is 23.1 Å². The Bertz CT molecular complexity index is 841. The average molecular weight is 375 g/mol. The van der Waals surface area contributed by atoms with Crippen molar-refractivity contribution in [3.05, 3.63) is 47.0 Å². The number of alkyl halides is 3. The van der Waals surface area contributed by atoms with Crippen molar-refractivity contribution < 1.29 is 17.6 Å². The molecule has 3 rings (SSSR count). The van der Waals surface area contributed by atoms with E-state index in [2.05, 4.69) is 15.2 Å². The molecule has 5 nitrogen and oxygen atoms in total. The van der Waals surface area contributed by atoms with Crippen molar-refractivity contribution in [1.29, 1.82) is 0 Å². The van der Waals surface area contributed by atoms with Gasteiger partial charge in [0.2, 0.25) is 5.16 Å². The standard InChI is InChI=1S/C13H9F4N5S2/c14-8-3-1-7(2-4-8)10-19-9(5-23-10)6-24-12-21-20-11(22(12)18)13(15,16)17/h1-5H,6,18H2. The zero-order chi connectivity index (χ0) is 17.3. The monoisotopic (exact) mass is 375 g/mol. The van der Waals surface area contributed by atoms with Gasteiger partial charge in [0.1, 0.15) is 10.8 Å². The number of thioether (sulfide) groups is 1. The fraction of sp³-hybridized carbons (Fsp3) is 0.154. The number of aromatic nitrogens is 4. The molecule has 0 fully saturated rings. The van der Waals surface area contributed by atoms with Crippen LogP contribution in [-0.4, -0.2) is 19.9 Å². The van der Waals surface area contributed by atoms with Crippen LogP contribution in [0.1, 0.15) is 11.5 Å². The summed E-state index contributed by atoms with van der Waals surface area (Å²) >= 11 is 2.35. The Morgan fingerprint density at radius 2 is 1.88 bits per heavy atom. The van der Waals surface area contributed by atoms with Crippen LogP contribution in [0.3, 0.4) is 0 Å². The van der Waals surface area contributed by atoms with E-state index < -0.39 is 12.0 Å². The molecule has 0 amide bonds. The van der Waals surface area contributed by atoms with Crippen molar-refractivity contribution in [3.63, 3.8) is 0 Å². The summed E-state index contributed by atoms with van der Waals surface area (Å²) in [6.45, 7) is 0. The first-order chi connectivity index (χ1) is 11.3. The van der Waals surface area contributed by atoms with Gasteiger partial charge in [-0.05, 0) is 24.3 Å². The van der Waals surface area contributed by atoms with Gasteiger partial charge in [-0.15, -0.1) is 21.5 Å². The summed E-state index contributed by atoms with van der Waals surface area (Å²) in [6.07, 6.45) is -4.66. The smallest absolute Gasteiger partial charge is 0.335 e. The fourth-order valence-electron chi connectivity index (χ4n) is 1.81. The van der Waals surface area contributed by atoms with Gasteiger partial charge in [-0.2, -0.15) is 13.2 Å². The van der Waals surface area contributed by atoms with Crippen LogP contribution in [-0.2, 0) is 11.9 Å². The predicted molar refractivity (Wildman–Crippen MR) is 82.2 cm³/mol. The Labute approximate surface area is 141 Å². The molecule has 0 atom stereocenters. The van der Waals surface area contributed by atoms with Crippen molar-refractivity contribution >= 4 is 23.1 Å². The summed E-state index contributed by atoms with van der Waals surface area (Å²) in [5, 5.41) is 8.89. The van der Waals surface area contributed by atoms with Gasteiger partial charge >= 0.3 is 6.18 Å². The maximum absolute atomic E-state index is 12.9. The molecule has 0 unspecified atom stereocenters. The largest absolute Gasteiger partial charge is 0.453 e. The van der Waals surface area contributed by atoms with E-state index in [1.807, 2.05) is 0 Å². The predicted octanol–water partition coefficient (Wildman–Crippen LogP) is 3.57. The molecular weight excluding hydrogens is 366 g/mol. The van der Waals surface area contributed by atoms with Gasteiger partial charge in [0.25, 0.3) is 5.82 Å². The number of nitrogen functional groups attached to an aromatic ring is 1. The highest BCUT2D eigenvalue weighted by Crippen LogP contribution is 2.31. The Kier molecular flexibility index (Phi) is 4.45. The van der Waals surface area contributed by atoms with E-state index >= 15 is 0 Å². The lowest BCUT2D eigenvalue weighted by atomic mass is 10.2. The fourth-order valence-corrected chi connectivity index (χ4v) is 3.49. The minimum absolute atomic E-state index is 0.0568. The second kappa shape index (κ2) is 6.40. The summed E-state index contributed by atoms with van der Waals surface area (Å²) in [7, 11) is 0. The van der Waals surface area contributed by atoms with E-state index in [4.69, 9.17) is 5.84 Å². The number of nitrogens with two attached hydrogens (primary N) is 1. The lowest BCUT2D eigenvalue weighted by Crippen LogP contribution is -2.21. The molecule has 0 radical (unpaired) electrons. The SMILES string of the molecule is Nn1c(SCc2csc(-c3ccc(F)cc3)n2)nnc1C(F)(F)F. The molecule has 0 bridgehead atoms. The zero-order valence-corrected chi connectivity index (χ0v) is 13.4. The van der Waals surface area contributed by atoms with Gasteiger partial charge in [-0.25, -0.2) is 14.1 Å². The highest BCUT2D eigenvalue weighted by Gasteiger charge is 2.38. The van der Waals surface area contributed by atoms with Crippen molar-refractivity contribution in [1.82, 2.24) is 19.9 Å². The number of hydrogen-bond donors (Lipinski definition) is 1. The topological polar surface area (TPSA) is 69.6 Å². The Hall–Kier alpha value is -2.14. The first-order valence-electron chi connectivity index (χ1n) is 6.45. The quantitative estimate of drug-likeness (QED) is 0.429. The van der Waals surface area contributed by atoms with E-state index in [1.54, 1.807) is 17.5 Å². The summed E-state index contributed by atoms with van der Waals surface area (Å²) in [5.74, 6) is 4.05. The number of rotatable bonds is 4. The molecule has 2 aromatic heterocycles. The molecule has 1 aromatic carbocycles. The molecule has 3 aromatic rings. The second-order valence-electron chi connectivity index (χ2n) is 4.61. The maximum Gasteiger partial charge on any atom is 0.453 e. The summed E-state index contributed by atoms with van der Waals surface area (Å²) in [5.41, 5.74) is 1.42. The number of thiazole rings is 1. The van der Waals surface area contributed by atoms with Crippen LogP contribution in [0.5, 0.6) is 0 Å². The minimum atomic E-state index is -4.66. The van der Waals surface area contributed by atoms with Crippen molar-refractivity contribution in [2.24, 2.45) is 0 Å². The number of nitrogens with zero attached hydrogens (tertiary/aromatic N) is 4. The van der Waals surface area contributed by atoms with Gasteiger partial charge in [0.05, 0.1) is 5.69 Å². The van der Waals surface area contributed by atoms with Crippen LogP contribution in [0.4, 0.5) is 17.6 Å². The van der Waals surface area contributed by atoms with Gasteiger partial charge in [0.15, 0.2) is 0 Å². The Morgan fingerprint density at radius 3 is 2.50 bits per heavy atom. The van der Waals surface area contributed by atoms with Crippen LogP contribution < -0.4 is 5.84 Å². The maximum atomic E-state index is 12.9. The average Bonchev–Trinajstić information content (AvgIpc) is 3.12. The van der Waals surface area contributed by atoms with Gasteiger partial charge in [-0.1, -0.05) is 11.8 Å². The summed E-state index contributed by atoms with van der Waals surface area (Å²) in [4.78, 5) is 4.37. The van der Waals surface area contributed by atoms with Crippen molar-refractivity contribution in [3.8, 4) is 10.6 Å². The highest BCUT2D eigenvalue weighted by molar-refractivity contribution is 7.98. The lowest BCUT2D eigenvalue weighted by Gasteiger charge is -2.05. The molecule has 2 heterocycles. The Morgan fingerprint density at radius 1 is 1.17 bits per heavy atom. The molecular formula is C13H9F4N5S2. The minimum Gasteiger partial charge on any atom is -0.335 e. The molecule has 24 heavy (non-hydrogen) atoms. The van der Waals surface area contributed by atoms with Crippen LogP contribution in [0, 0.1) is 5.82 Å². The number of benzene rings is 1. The molecule has 0 saturated carbocycles. The molecule has 0 aliphatic carbocycles. The lowest BCUT2D eigenvalue weighted by molar-refractivity contribution is -0.146. The number of hydrogen-bond acceptors (Lipinski definition) is 6. The van der Waals surface area contributed by atoms with Crippen molar-refractivity contribution in [2.75, 3.05) is 5.84 Å². The normalized spacial score (nSPS) is 11.8. The molecule has 0 spiro atoms. The van der Waals surface area contributed by atoms with Crippen LogP contribution in [0.2, 0.25) is 0 Å². The first kappa shape index (κ1) is 16.7. The molecule has 0 aliphatic heterocycles. The van der Waals surface area contributed by atoms with Crippen molar-refractivity contribution in [2.45, 2.75) is 17.1 Å². The molecule has 0 aliphatic rings. The second-order valence-corrected chi connectivity index (χ2v) is 6.41. The first-order valence-corrected chi connectivity index (χ1v) is 8.32. The van der Waals surface area contributed by atoms with E-state index in [0.717, 1.165) is 17.3 Å². The van der Waals surface area contributed by atoms with Crippen LogP contribution in [0.25, 0.3) is 10.6 Å². The van der Waals surface area contributed by atoms with Gasteiger partial charge in [0, 0.05) is 16.7 Å². The summed E-state index contributed by atoms with van der Waals surface area (Å²) in [6, 6.07) is 5.88. The highest BCUT2D eigenvalue weighted by atomic mass is 32.2. The van der Waals surface area contributed by atoms with E-state index in [1.165, 1.54) is 23.5 Å². The molecule has 11 heteroatoms. The number of halogens is 4. The third kappa shape index (κ3) is 3.51. The molecule has 2 N–H and O–H groups in total. The Balaban J connectivity index is 1.70. The molecule has 126 valence electrons. The third-order valence-electron chi connectivity index (χ3n) is 2.91. The van der Waals surface area contributed by atoms with E-state index in [-0.39, 0.29) is 16.7 Å². The third-order valence-corrected chi connectivity index (χ3v) is 4.83. The van der Waals surface area contributed by atoms with E-state index in [0.29, 0.717) is 15.4 Å².